The summed E-state index contributed by atoms with van der Waals surface area (Å²) in [5, 5.41) is 3.01. The molecule has 146 valence electrons. The van der Waals surface area contributed by atoms with Crippen LogP contribution in [0.4, 0.5) is 11.4 Å². The van der Waals surface area contributed by atoms with Gasteiger partial charge in [0.2, 0.25) is 17.7 Å². The maximum Gasteiger partial charge on any atom is 0.250 e. The van der Waals surface area contributed by atoms with Gasteiger partial charge in [-0.2, -0.15) is 0 Å². The van der Waals surface area contributed by atoms with E-state index in [0.717, 1.165) is 36.2 Å². The highest BCUT2D eigenvalue weighted by molar-refractivity contribution is 6.25. The first kappa shape index (κ1) is 16.9. The molecule has 29 heavy (non-hydrogen) atoms. The van der Waals surface area contributed by atoms with Gasteiger partial charge in [0.15, 0.2) is 0 Å². The van der Waals surface area contributed by atoms with Crippen LogP contribution in [0.3, 0.4) is 0 Å². The van der Waals surface area contributed by atoms with Gasteiger partial charge in [0.25, 0.3) is 0 Å². The third-order valence-electron chi connectivity index (χ3n) is 7.16. The Labute approximate surface area is 168 Å². The Bertz CT molecular complexity index is 1080. The number of anilines is 2. The first-order valence-electron chi connectivity index (χ1n) is 10.2. The maximum atomic E-state index is 13.7. The molecular formula is C23H21N3O3. The summed E-state index contributed by atoms with van der Waals surface area (Å²) in [6.45, 7) is 2.72. The quantitative estimate of drug-likeness (QED) is 0.763. The third-order valence-corrected chi connectivity index (χ3v) is 7.16. The average molecular weight is 387 g/mol. The molecular weight excluding hydrogens is 366 g/mol. The van der Waals surface area contributed by atoms with E-state index < -0.39 is 17.4 Å². The molecule has 4 heterocycles. The molecule has 6 heteroatoms. The minimum atomic E-state index is -1.09. The number of fused-ring (bicyclic) bond motifs is 7. The number of aryl methyl sites for hydroxylation is 1. The first-order chi connectivity index (χ1) is 14.0. The Morgan fingerprint density at radius 2 is 1.83 bits per heavy atom. The van der Waals surface area contributed by atoms with Gasteiger partial charge in [0.05, 0.1) is 17.5 Å². The van der Waals surface area contributed by atoms with Crippen molar-refractivity contribution in [3.8, 4) is 0 Å². The van der Waals surface area contributed by atoms with Gasteiger partial charge in [-0.3, -0.25) is 19.3 Å². The normalized spacial score (nSPS) is 32.7. The second-order valence-electron chi connectivity index (χ2n) is 8.52. The van der Waals surface area contributed by atoms with E-state index in [4.69, 9.17) is 0 Å². The van der Waals surface area contributed by atoms with E-state index in [0.29, 0.717) is 5.69 Å². The van der Waals surface area contributed by atoms with Crippen LogP contribution < -0.4 is 10.2 Å². The predicted octanol–water partition coefficient (Wildman–Crippen LogP) is 2.43. The predicted molar refractivity (Wildman–Crippen MR) is 107 cm³/mol. The van der Waals surface area contributed by atoms with Crippen molar-refractivity contribution in [1.29, 1.82) is 0 Å². The van der Waals surface area contributed by atoms with Crippen LogP contribution in [0.25, 0.3) is 0 Å². The van der Waals surface area contributed by atoms with Crippen LogP contribution in [-0.2, 0) is 19.9 Å². The lowest BCUT2D eigenvalue weighted by Gasteiger charge is -2.36. The topological polar surface area (TPSA) is 69.7 Å². The van der Waals surface area contributed by atoms with Gasteiger partial charge in [-0.25, -0.2) is 4.90 Å². The second-order valence-corrected chi connectivity index (χ2v) is 8.52. The highest BCUT2D eigenvalue weighted by atomic mass is 16.2. The van der Waals surface area contributed by atoms with Gasteiger partial charge in [-0.15, -0.1) is 0 Å². The molecule has 2 aromatic rings. The number of hydrogen-bond acceptors (Lipinski definition) is 4. The summed E-state index contributed by atoms with van der Waals surface area (Å²) in [6, 6.07) is 14.9. The lowest BCUT2D eigenvalue weighted by Crippen LogP contribution is -2.54. The fourth-order valence-corrected chi connectivity index (χ4v) is 6.15. The molecule has 4 atom stereocenters. The van der Waals surface area contributed by atoms with Crippen molar-refractivity contribution in [3.63, 3.8) is 0 Å². The molecule has 3 saturated heterocycles. The molecule has 3 fully saturated rings. The lowest BCUT2D eigenvalue weighted by atomic mass is 9.75. The Kier molecular flexibility index (Phi) is 3.23. The van der Waals surface area contributed by atoms with Gasteiger partial charge in [-0.1, -0.05) is 35.9 Å². The summed E-state index contributed by atoms with van der Waals surface area (Å²) in [7, 11) is 0. The van der Waals surface area contributed by atoms with Crippen molar-refractivity contribution in [3.05, 3.63) is 59.7 Å². The van der Waals surface area contributed by atoms with E-state index in [9.17, 15) is 14.4 Å². The van der Waals surface area contributed by atoms with Crippen LogP contribution in [0.5, 0.6) is 0 Å². The zero-order chi connectivity index (χ0) is 19.9. The number of rotatable bonds is 1. The van der Waals surface area contributed by atoms with Crippen LogP contribution in [0, 0.1) is 18.8 Å². The van der Waals surface area contributed by atoms with Crippen molar-refractivity contribution in [1.82, 2.24) is 4.90 Å². The fourth-order valence-electron chi connectivity index (χ4n) is 6.15. The molecule has 1 spiro atoms. The summed E-state index contributed by atoms with van der Waals surface area (Å²) in [5.41, 5.74) is 2.13. The minimum Gasteiger partial charge on any atom is -0.324 e. The molecule has 1 N–H and O–H groups in total. The number of nitrogens with one attached hydrogen (secondary N) is 1. The number of hydrogen-bond donors (Lipinski definition) is 1. The number of amides is 3. The van der Waals surface area contributed by atoms with Crippen molar-refractivity contribution >= 4 is 29.1 Å². The van der Waals surface area contributed by atoms with Crippen LogP contribution in [0.15, 0.2) is 48.5 Å². The maximum absolute atomic E-state index is 13.7. The monoisotopic (exact) mass is 387 g/mol. The highest BCUT2D eigenvalue weighted by Gasteiger charge is 2.74. The number of para-hydroxylation sites is 1. The third kappa shape index (κ3) is 1.88. The van der Waals surface area contributed by atoms with Crippen LogP contribution in [-0.4, -0.2) is 35.2 Å². The minimum absolute atomic E-state index is 0.0811. The van der Waals surface area contributed by atoms with E-state index in [1.54, 1.807) is 12.1 Å². The molecule has 0 bridgehead atoms. The van der Waals surface area contributed by atoms with Crippen LogP contribution in [0.2, 0.25) is 0 Å². The van der Waals surface area contributed by atoms with Crippen LogP contribution in [0.1, 0.15) is 24.0 Å². The van der Waals surface area contributed by atoms with Crippen LogP contribution >= 0.6 is 0 Å². The first-order valence-corrected chi connectivity index (χ1v) is 10.2. The fraction of sp³-hybridized carbons (Fsp3) is 0.348. The number of nitrogens with zero attached hydrogens (tertiary/aromatic N) is 2. The van der Waals surface area contributed by atoms with Crippen molar-refractivity contribution in [2.75, 3.05) is 16.8 Å². The number of imide groups is 1. The smallest absolute Gasteiger partial charge is 0.250 e. The number of carbonyl (C=O) groups excluding carboxylic acids is 3. The largest absolute Gasteiger partial charge is 0.324 e. The molecule has 4 aliphatic heterocycles. The molecule has 0 aliphatic carbocycles. The zero-order valence-electron chi connectivity index (χ0n) is 16.1. The summed E-state index contributed by atoms with van der Waals surface area (Å²) in [6.07, 6.45) is 1.76. The van der Waals surface area contributed by atoms with Crippen molar-refractivity contribution in [2.45, 2.75) is 31.3 Å². The van der Waals surface area contributed by atoms with E-state index in [2.05, 4.69) is 10.2 Å². The molecule has 4 unspecified atom stereocenters. The number of benzene rings is 2. The molecule has 4 aliphatic rings. The molecule has 6 nitrogen and oxygen atoms in total. The standard InChI is InChI=1S/C23H21N3O3/c1-13-9-10-16-15(12-13)23(22(29)24-16)19-18(17-8-5-11-25(17)23)20(27)26(21(19)28)14-6-3-2-4-7-14/h2-4,6-7,9-10,12,17-19H,5,8,11H2,1H3,(H,24,29). The average Bonchev–Trinajstić information content (AvgIpc) is 3.41. The molecule has 0 aromatic heterocycles. The molecule has 0 radical (unpaired) electrons. The molecule has 6 rings (SSSR count). The van der Waals surface area contributed by atoms with E-state index in [1.165, 1.54) is 4.90 Å². The van der Waals surface area contributed by atoms with Gasteiger partial charge in [0.1, 0.15) is 5.54 Å². The lowest BCUT2D eigenvalue weighted by molar-refractivity contribution is -0.135. The van der Waals surface area contributed by atoms with E-state index >= 15 is 0 Å². The van der Waals surface area contributed by atoms with Gasteiger partial charge in [0, 0.05) is 17.3 Å². The Hall–Kier alpha value is -2.99. The zero-order valence-corrected chi connectivity index (χ0v) is 16.1. The molecule has 3 amide bonds. The van der Waals surface area contributed by atoms with Crippen molar-refractivity contribution < 1.29 is 14.4 Å². The molecule has 2 aromatic carbocycles. The summed E-state index contributed by atoms with van der Waals surface area (Å²) < 4.78 is 0. The van der Waals surface area contributed by atoms with E-state index in [1.807, 2.05) is 43.3 Å². The Morgan fingerprint density at radius 1 is 1.03 bits per heavy atom. The second kappa shape index (κ2) is 5.54. The number of carbonyl (C=O) groups is 3. The Balaban J connectivity index is 1.58. The highest BCUT2D eigenvalue weighted by Crippen LogP contribution is 2.60. The van der Waals surface area contributed by atoms with Gasteiger partial charge in [-0.05, 0) is 44.5 Å². The summed E-state index contributed by atoms with van der Waals surface area (Å²) in [4.78, 5) is 44.2. The van der Waals surface area contributed by atoms with Crippen molar-refractivity contribution in [2.24, 2.45) is 11.8 Å². The Morgan fingerprint density at radius 3 is 2.62 bits per heavy atom. The molecule has 0 saturated carbocycles. The summed E-state index contributed by atoms with van der Waals surface area (Å²) in [5.74, 6) is -1.78. The summed E-state index contributed by atoms with van der Waals surface area (Å²) >= 11 is 0. The van der Waals surface area contributed by atoms with Gasteiger partial charge < -0.3 is 5.32 Å². The van der Waals surface area contributed by atoms with E-state index in [-0.39, 0.29) is 23.8 Å². The SMILES string of the molecule is Cc1ccc2c(c1)C1(C(=O)N2)C2C(=O)N(c3ccccc3)C(=O)C2C2CCCN21. The van der Waals surface area contributed by atoms with Gasteiger partial charge >= 0.3 is 0 Å².